The molecular weight excluding hydrogens is 452 g/mol. The van der Waals surface area contributed by atoms with Gasteiger partial charge in [-0.25, -0.2) is 4.79 Å². The summed E-state index contributed by atoms with van der Waals surface area (Å²) < 4.78 is 29.1. The molecule has 3 aliphatic heterocycles. The third-order valence-electron chi connectivity index (χ3n) is 8.06. The van der Waals surface area contributed by atoms with Crippen LogP contribution in [0.15, 0.2) is 11.6 Å². The fraction of sp³-hybridized carbons (Fsp3) is 0.846. The molecule has 0 aromatic carbocycles. The molecule has 198 valence electrons. The lowest BCUT2D eigenvalue weighted by molar-refractivity contribution is -0.144. The zero-order valence-corrected chi connectivity index (χ0v) is 21.8. The Morgan fingerprint density at radius 2 is 1.91 bits per heavy atom. The van der Waals surface area contributed by atoms with Gasteiger partial charge in [0.15, 0.2) is 0 Å². The smallest absolute Gasteiger partial charge is 0.407 e. The number of methoxy groups -OCH3 is 1. The molecule has 0 radical (unpaired) electrons. The van der Waals surface area contributed by atoms with E-state index in [0.29, 0.717) is 26.2 Å². The average molecular weight is 495 g/mol. The van der Waals surface area contributed by atoms with Crippen molar-refractivity contribution in [1.29, 1.82) is 0 Å². The van der Waals surface area contributed by atoms with E-state index in [1.807, 2.05) is 0 Å². The maximum absolute atomic E-state index is 12.8. The van der Waals surface area contributed by atoms with Crippen LogP contribution in [0.5, 0.6) is 0 Å². The Balaban J connectivity index is 1.30. The molecule has 1 aliphatic carbocycles. The lowest BCUT2D eigenvalue weighted by Gasteiger charge is -2.42. The van der Waals surface area contributed by atoms with Gasteiger partial charge in [0.2, 0.25) is 0 Å². The largest absolute Gasteiger partial charge is 0.465 e. The summed E-state index contributed by atoms with van der Waals surface area (Å²) in [6.07, 6.45) is 5.21. The van der Waals surface area contributed by atoms with Gasteiger partial charge in [-0.15, -0.1) is 0 Å². The first-order chi connectivity index (χ1) is 16.7. The van der Waals surface area contributed by atoms with E-state index in [1.165, 1.54) is 5.57 Å². The lowest BCUT2D eigenvalue weighted by atomic mass is 9.68. The van der Waals surface area contributed by atoms with Gasteiger partial charge in [-0.05, 0) is 59.8 Å². The minimum Gasteiger partial charge on any atom is -0.465 e. The summed E-state index contributed by atoms with van der Waals surface area (Å²) in [5, 5.41) is 3.03. The topological polar surface area (TPSA) is 102 Å². The van der Waals surface area contributed by atoms with E-state index in [0.717, 1.165) is 38.8 Å². The van der Waals surface area contributed by atoms with E-state index in [1.54, 1.807) is 14.0 Å². The first-order valence-corrected chi connectivity index (χ1v) is 13.0. The second kappa shape index (κ2) is 10.7. The summed E-state index contributed by atoms with van der Waals surface area (Å²) in [4.78, 5) is 26.6. The van der Waals surface area contributed by atoms with Crippen LogP contribution in [0.2, 0.25) is 0 Å². The fourth-order valence-electron chi connectivity index (χ4n) is 6.03. The Hall–Kier alpha value is -1.68. The summed E-state index contributed by atoms with van der Waals surface area (Å²) in [6.45, 7) is 11.0. The molecule has 35 heavy (non-hydrogen) atoms. The molecule has 0 aromatic heterocycles. The first kappa shape index (κ1) is 26.4. The quantitative estimate of drug-likeness (QED) is 0.297. The maximum Gasteiger partial charge on any atom is 0.407 e. The van der Waals surface area contributed by atoms with Gasteiger partial charge in [0.05, 0.1) is 31.8 Å². The monoisotopic (exact) mass is 494 g/mol. The van der Waals surface area contributed by atoms with Crippen LogP contribution in [0, 0.1) is 5.92 Å². The Morgan fingerprint density at radius 1 is 1.20 bits per heavy atom. The highest BCUT2D eigenvalue weighted by molar-refractivity contribution is 5.71. The van der Waals surface area contributed by atoms with Crippen molar-refractivity contribution in [1.82, 2.24) is 10.2 Å². The molecule has 1 unspecified atom stereocenters. The van der Waals surface area contributed by atoms with Gasteiger partial charge in [-0.1, -0.05) is 11.6 Å². The molecule has 6 atom stereocenters. The number of ether oxygens (including phenoxy) is 5. The van der Waals surface area contributed by atoms with Gasteiger partial charge in [0, 0.05) is 26.2 Å². The second-order valence-corrected chi connectivity index (χ2v) is 10.8. The van der Waals surface area contributed by atoms with Crippen molar-refractivity contribution in [3.05, 3.63) is 11.6 Å². The van der Waals surface area contributed by atoms with Crippen LogP contribution < -0.4 is 5.32 Å². The van der Waals surface area contributed by atoms with Gasteiger partial charge >= 0.3 is 12.1 Å². The molecule has 4 fully saturated rings. The molecule has 1 saturated carbocycles. The number of rotatable bonds is 9. The highest BCUT2D eigenvalue weighted by atomic mass is 16.6. The molecule has 1 amide bonds. The summed E-state index contributed by atoms with van der Waals surface area (Å²) in [7, 11) is 1.68. The molecule has 3 saturated heterocycles. The van der Waals surface area contributed by atoms with Crippen LogP contribution in [0.3, 0.4) is 0 Å². The first-order valence-electron chi connectivity index (χ1n) is 13.0. The zero-order valence-electron chi connectivity index (χ0n) is 21.8. The predicted octanol–water partition coefficient (Wildman–Crippen LogP) is 2.82. The predicted molar refractivity (Wildman–Crippen MR) is 129 cm³/mol. The molecule has 4 rings (SSSR count). The average Bonchev–Trinajstić information content (AvgIpc) is 3.72. The van der Waals surface area contributed by atoms with Crippen LogP contribution in [0.1, 0.15) is 59.8 Å². The van der Waals surface area contributed by atoms with Crippen LogP contribution >= 0.6 is 0 Å². The van der Waals surface area contributed by atoms with E-state index in [-0.39, 0.29) is 47.4 Å². The van der Waals surface area contributed by atoms with Crippen molar-refractivity contribution < 1.29 is 33.3 Å². The molecular formula is C26H42N2O7. The molecule has 3 heterocycles. The molecule has 4 aliphatic rings. The normalized spacial score (nSPS) is 36.9. The van der Waals surface area contributed by atoms with Gasteiger partial charge in [-0.2, -0.15) is 0 Å². The Bertz CT molecular complexity index is 802. The Morgan fingerprint density at radius 3 is 2.51 bits per heavy atom. The highest BCUT2D eigenvalue weighted by Gasteiger charge is 2.72. The minimum atomic E-state index is -0.407. The third kappa shape index (κ3) is 6.01. The number of esters is 1. The van der Waals surface area contributed by atoms with Gasteiger partial charge in [0.25, 0.3) is 0 Å². The number of carbonyl (C=O) groups is 2. The molecule has 0 bridgehead atoms. The number of epoxide rings is 2. The zero-order chi connectivity index (χ0) is 25.2. The Kier molecular flexibility index (Phi) is 8.10. The second-order valence-electron chi connectivity index (χ2n) is 10.8. The minimum absolute atomic E-state index is 0.00762. The van der Waals surface area contributed by atoms with E-state index in [4.69, 9.17) is 23.7 Å². The molecule has 0 aromatic rings. The summed E-state index contributed by atoms with van der Waals surface area (Å²) >= 11 is 0. The third-order valence-corrected chi connectivity index (χ3v) is 8.06. The lowest BCUT2D eigenvalue weighted by Crippen LogP contribution is -2.56. The van der Waals surface area contributed by atoms with Crippen LogP contribution in [-0.2, 0) is 28.5 Å². The van der Waals surface area contributed by atoms with Crippen molar-refractivity contribution >= 4 is 12.1 Å². The maximum atomic E-state index is 12.8. The number of allylic oxidation sites excluding steroid dienone is 1. The number of alkyl carbamates (subject to hydrolysis) is 1. The Labute approximate surface area is 208 Å². The van der Waals surface area contributed by atoms with Crippen molar-refractivity contribution in [3.63, 3.8) is 0 Å². The van der Waals surface area contributed by atoms with Gasteiger partial charge in [-0.3, -0.25) is 9.69 Å². The number of carbonyl (C=O) groups excluding carboxylic acids is 2. The van der Waals surface area contributed by atoms with E-state index in [2.05, 4.69) is 37.1 Å². The van der Waals surface area contributed by atoms with Gasteiger partial charge in [0.1, 0.15) is 23.4 Å². The number of piperidine rings is 1. The number of nitrogens with zero attached hydrogens (tertiary/aromatic N) is 1. The summed E-state index contributed by atoms with van der Waals surface area (Å²) in [5.41, 5.74) is 0.682. The van der Waals surface area contributed by atoms with Gasteiger partial charge < -0.3 is 29.0 Å². The highest BCUT2D eigenvalue weighted by Crippen LogP contribution is 2.59. The standard InChI is InChI=1S/C26H42N2O7/c1-6-32-21(29)15-28-13-10-18(11-14-28)27-24(30)34-19-9-12-26(16-33-26)23(22(19)31-5)25(4)20(35-25)8-7-17(2)3/h7,18-20,22-23H,6,8-16H2,1-5H3,(H,27,30)/t19-,20?,22-,23-,25+,26+/m1/s1. The number of nitrogens with one attached hydrogen (secondary N) is 1. The number of likely N-dealkylation sites (tertiary alicyclic amines) is 1. The van der Waals surface area contributed by atoms with Crippen LogP contribution in [0.4, 0.5) is 4.79 Å². The van der Waals surface area contributed by atoms with Crippen molar-refractivity contribution in [3.8, 4) is 0 Å². The van der Waals surface area contributed by atoms with Crippen molar-refractivity contribution in [2.45, 2.75) is 95.4 Å². The van der Waals surface area contributed by atoms with E-state index < -0.39 is 6.09 Å². The van der Waals surface area contributed by atoms with Crippen molar-refractivity contribution in [2.75, 3.05) is 40.0 Å². The van der Waals surface area contributed by atoms with E-state index >= 15 is 0 Å². The molecule has 9 nitrogen and oxygen atoms in total. The van der Waals surface area contributed by atoms with Crippen LogP contribution in [0.25, 0.3) is 0 Å². The van der Waals surface area contributed by atoms with E-state index in [9.17, 15) is 9.59 Å². The molecule has 1 N–H and O–H groups in total. The molecule has 9 heteroatoms. The number of hydrogen-bond acceptors (Lipinski definition) is 8. The summed E-state index contributed by atoms with van der Waals surface area (Å²) in [5.74, 6) is -0.196. The van der Waals surface area contributed by atoms with Crippen LogP contribution in [-0.4, -0.2) is 92.5 Å². The summed E-state index contributed by atoms with van der Waals surface area (Å²) in [6, 6.07) is 0.0252. The number of hydrogen-bond donors (Lipinski definition) is 1. The molecule has 1 spiro atoms. The van der Waals surface area contributed by atoms with Crippen molar-refractivity contribution in [2.24, 2.45) is 5.92 Å². The number of amides is 1. The fourth-order valence-corrected chi connectivity index (χ4v) is 6.03. The SMILES string of the molecule is CCOC(=O)CN1CCC(NC(=O)O[C@@H]2CC[C@]3(CO3)[C@@H]([C@@]3(C)OC3CC=C(C)C)[C@@H]2OC)CC1.